The molecule has 0 radical (unpaired) electrons. The van der Waals surface area contributed by atoms with Crippen molar-refractivity contribution in [2.24, 2.45) is 5.92 Å². The Bertz CT molecular complexity index is 807. The van der Waals surface area contributed by atoms with Gasteiger partial charge in [-0.2, -0.15) is 4.39 Å². The second-order valence-electron chi connectivity index (χ2n) is 6.94. The van der Waals surface area contributed by atoms with Crippen molar-refractivity contribution in [3.8, 4) is 17.6 Å². The molecule has 0 aliphatic heterocycles. The fourth-order valence-corrected chi connectivity index (χ4v) is 3.67. The molecule has 0 atom stereocenters. The average Bonchev–Trinajstić information content (AvgIpc) is 2.70. The average molecular weight is 354 g/mol. The predicted octanol–water partition coefficient (Wildman–Crippen LogP) is 6.06. The van der Waals surface area contributed by atoms with Gasteiger partial charge in [0.1, 0.15) is 0 Å². The Morgan fingerprint density at radius 3 is 2.23 bits per heavy atom. The molecule has 0 N–H and O–H groups in total. The molecule has 0 unspecified atom stereocenters. The summed E-state index contributed by atoms with van der Waals surface area (Å²) in [5.41, 5.74) is 2.18. The van der Waals surface area contributed by atoms with E-state index in [1.807, 2.05) is 12.1 Å². The Balaban J connectivity index is 1.71. The summed E-state index contributed by atoms with van der Waals surface area (Å²) in [7, 11) is 1.31. The molecule has 3 rings (SSSR count). The standard InChI is InChI=1S/C23H24F2O/c1-3-16-4-9-18(10-5-16)19-11-6-17(7-12-19)8-13-20-14-15-21(26-2)23(25)22(20)24/h6-7,11-12,14-16,18H,3-5,9-10H2,1-2H3. The van der Waals surface area contributed by atoms with Crippen LogP contribution in [0.2, 0.25) is 0 Å². The van der Waals surface area contributed by atoms with Crippen LogP contribution >= 0.6 is 0 Å². The molecule has 0 amide bonds. The third-order valence-corrected chi connectivity index (χ3v) is 5.41. The number of hydrogen-bond acceptors (Lipinski definition) is 1. The fraction of sp³-hybridized carbons (Fsp3) is 0.391. The minimum atomic E-state index is -1.00. The predicted molar refractivity (Wildman–Crippen MR) is 100 cm³/mol. The largest absolute Gasteiger partial charge is 0.494 e. The zero-order valence-corrected chi connectivity index (χ0v) is 15.3. The highest BCUT2D eigenvalue weighted by Crippen LogP contribution is 2.36. The maximum absolute atomic E-state index is 14.0. The first-order valence-corrected chi connectivity index (χ1v) is 9.26. The Hall–Kier alpha value is -2.34. The lowest BCUT2D eigenvalue weighted by molar-refractivity contribution is 0.319. The molecule has 2 aromatic carbocycles. The van der Waals surface area contributed by atoms with E-state index in [0.29, 0.717) is 5.92 Å². The minimum Gasteiger partial charge on any atom is -0.494 e. The van der Waals surface area contributed by atoms with E-state index in [-0.39, 0.29) is 11.3 Å². The van der Waals surface area contributed by atoms with Crippen LogP contribution < -0.4 is 4.74 Å². The van der Waals surface area contributed by atoms with E-state index in [1.54, 1.807) is 0 Å². The smallest absolute Gasteiger partial charge is 0.201 e. The van der Waals surface area contributed by atoms with Gasteiger partial charge < -0.3 is 4.74 Å². The molecule has 1 saturated carbocycles. The van der Waals surface area contributed by atoms with E-state index >= 15 is 0 Å². The number of hydrogen-bond donors (Lipinski definition) is 0. The first-order chi connectivity index (χ1) is 12.6. The fourth-order valence-electron chi connectivity index (χ4n) is 3.67. The van der Waals surface area contributed by atoms with Crippen LogP contribution in [0.25, 0.3) is 0 Å². The summed E-state index contributed by atoms with van der Waals surface area (Å²) < 4.78 is 32.5. The SMILES string of the molecule is CCC1CCC(c2ccc(C#Cc3ccc(OC)c(F)c3F)cc2)CC1. The van der Waals surface area contributed by atoms with E-state index in [9.17, 15) is 8.78 Å². The van der Waals surface area contributed by atoms with Crippen LogP contribution in [0.15, 0.2) is 36.4 Å². The minimum absolute atomic E-state index is 0.0327. The first kappa shape index (κ1) is 18.5. The van der Waals surface area contributed by atoms with Crippen LogP contribution in [0.4, 0.5) is 8.78 Å². The second-order valence-corrected chi connectivity index (χ2v) is 6.94. The van der Waals surface area contributed by atoms with E-state index < -0.39 is 11.6 Å². The summed E-state index contributed by atoms with van der Waals surface area (Å²) in [5, 5.41) is 0. The van der Waals surface area contributed by atoms with Crippen LogP contribution in [-0.2, 0) is 0 Å². The Morgan fingerprint density at radius 1 is 0.923 bits per heavy atom. The number of ether oxygens (including phenoxy) is 1. The lowest BCUT2D eigenvalue weighted by Crippen LogP contribution is -2.12. The molecule has 1 aliphatic rings. The molecule has 1 fully saturated rings. The topological polar surface area (TPSA) is 9.23 Å². The van der Waals surface area contributed by atoms with Crippen molar-refractivity contribution in [1.82, 2.24) is 0 Å². The second kappa shape index (κ2) is 8.36. The molecule has 1 nitrogen and oxygen atoms in total. The molecule has 0 aromatic heterocycles. The van der Waals surface area contributed by atoms with Crippen LogP contribution in [-0.4, -0.2) is 7.11 Å². The van der Waals surface area contributed by atoms with Gasteiger partial charge in [-0.1, -0.05) is 37.3 Å². The van der Waals surface area contributed by atoms with Gasteiger partial charge in [0.15, 0.2) is 11.6 Å². The van der Waals surface area contributed by atoms with Crippen LogP contribution in [0.1, 0.15) is 61.6 Å². The van der Waals surface area contributed by atoms with Crippen molar-refractivity contribution in [1.29, 1.82) is 0 Å². The van der Waals surface area contributed by atoms with Gasteiger partial charge in [-0.15, -0.1) is 0 Å². The summed E-state index contributed by atoms with van der Waals surface area (Å²) in [6.45, 7) is 2.27. The van der Waals surface area contributed by atoms with E-state index in [2.05, 4.69) is 30.9 Å². The summed E-state index contributed by atoms with van der Waals surface area (Å²) in [6, 6.07) is 11.0. The third kappa shape index (κ3) is 4.07. The number of halogens is 2. The Kier molecular flexibility index (Phi) is 5.93. The van der Waals surface area contributed by atoms with Gasteiger partial charge in [-0.05, 0) is 67.3 Å². The van der Waals surface area contributed by atoms with Crippen molar-refractivity contribution in [3.05, 3.63) is 64.7 Å². The molecule has 26 heavy (non-hydrogen) atoms. The van der Waals surface area contributed by atoms with Crippen molar-refractivity contribution < 1.29 is 13.5 Å². The van der Waals surface area contributed by atoms with Gasteiger partial charge in [0.2, 0.25) is 5.82 Å². The molecular weight excluding hydrogens is 330 g/mol. The Morgan fingerprint density at radius 2 is 1.62 bits per heavy atom. The molecule has 136 valence electrons. The van der Waals surface area contributed by atoms with Crippen molar-refractivity contribution in [3.63, 3.8) is 0 Å². The van der Waals surface area contributed by atoms with Crippen molar-refractivity contribution in [2.75, 3.05) is 7.11 Å². The molecule has 0 heterocycles. The summed E-state index contributed by atoms with van der Waals surface area (Å²) in [4.78, 5) is 0. The Labute approximate surface area is 154 Å². The summed E-state index contributed by atoms with van der Waals surface area (Å²) in [5.74, 6) is 5.06. The number of methoxy groups -OCH3 is 1. The maximum atomic E-state index is 14.0. The summed E-state index contributed by atoms with van der Waals surface area (Å²) in [6.07, 6.45) is 6.40. The van der Waals surface area contributed by atoms with Gasteiger partial charge in [0.25, 0.3) is 0 Å². The van der Waals surface area contributed by atoms with Crippen molar-refractivity contribution >= 4 is 0 Å². The highest BCUT2D eigenvalue weighted by molar-refractivity contribution is 5.46. The van der Waals surface area contributed by atoms with Crippen LogP contribution in [0, 0.1) is 29.4 Å². The monoisotopic (exact) mass is 354 g/mol. The number of benzene rings is 2. The van der Waals surface area contributed by atoms with Gasteiger partial charge in [-0.25, -0.2) is 4.39 Å². The lowest BCUT2D eigenvalue weighted by atomic mass is 9.78. The highest BCUT2D eigenvalue weighted by atomic mass is 19.2. The van der Waals surface area contributed by atoms with E-state index in [1.165, 1.54) is 56.9 Å². The van der Waals surface area contributed by atoms with Gasteiger partial charge >= 0.3 is 0 Å². The quantitative estimate of drug-likeness (QED) is 0.609. The first-order valence-electron chi connectivity index (χ1n) is 9.26. The van der Waals surface area contributed by atoms with Crippen LogP contribution in [0.3, 0.4) is 0 Å². The summed E-state index contributed by atoms with van der Waals surface area (Å²) >= 11 is 0. The molecule has 3 heteroatoms. The van der Waals surface area contributed by atoms with Crippen LogP contribution in [0.5, 0.6) is 5.75 Å². The molecule has 0 saturated heterocycles. The van der Waals surface area contributed by atoms with E-state index in [4.69, 9.17) is 4.74 Å². The van der Waals surface area contributed by atoms with E-state index in [0.717, 1.165) is 11.5 Å². The van der Waals surface area contributed by atoms with Gasteiger partial charge in [-0.3, -0.25) is 0 Å². The molecular formula is C23H24F2O. The zero-order valence-electron chi connectivity index (χ0n) is 15.3. The molecule has 1 aliphatic carbocycles. The normalized spacial score (nSPS) is 19.5. The van der Waals surface area contributed by atoms with Crippen molar-refractivity contribution in [2.45, 2.75) is 44.9 Å². The lowest BCUT2D eigenvalue weighted by Gasteiger charge is -2.28. The maximum Gasteiger partial charge on any atom is 0.201 e. The third-order valence-electron chi connectivity index (χ3n) is 5.41. The van der Waals surface area contributed by atoms with Gasteiger partial charge in [0.05, 0.1) is 12.7 Å². The van der Waals surface area contributed by atoms with Gasteiger partial charge in [0, 0.05) is 5.56 Å². The highest BCUT2D eigenvalue weighted by Gasteiger charge is 2.21. The molecule has 0 spiro atoms. The molecule has 2 aromatic rings. The number of rotatable bonds is 3. The zero-order chi connectivity index (χ0) is 18.5. The molecule has 0 bridgehead atoms.